The lowest BCUT2D eigenvalue weighted by Gasteiger charge is -2.03. The second-order valence-corrected chi connectivity index (χ2v) is 4.20. The monoisotopic (exact) mass is 234 g/mol. The summed E-state index contributed by atoms with van der Waals surface area (Å²) in [6.07, 6.45) is 0. The van der Waals surface area contributed by atoms with Gasteiger partial charge in [-0.25, -0.2) is 4.39 Å². The molecule has 2 rings (SSSR count). The average Bonchev–Trinajstić information content (AvgIpc) is 2.75. The van der Waals surface area contributed by atoms with Gasteiger partial charge in [0.05, 0.1) is 11.3 Å². The third-order valence-corrected chi connectivity index (χ3v) is 2.39. The van der Waals surface area contributed by atoms with Crippen LogP contribution in [-0.4, -0.2) is 11.2 Å². The molecule has 0 spiro atoms. The lowest BCUT2D eigenvalue weighted by atomic mass is 10.1. The molecule has 4 heteroatoms. The first-order chi connectivity index (χ1) is 8.16. The van der Waals surface area contributed by atoms with Crippen molar-refractivity contribution in [1.29, 1.82) is 0 Å². The number of nitrogens with one attached hydrogen (secondary N) is 1. The van der Waals surface area contributed by atoms with Gasteiger partial charge in [-0.15, -0.1) is 0 Å². The molecule has 17 heavy (non-hydrogen) atoms. The van der Waals surface area contributed by atoms with Crippen LogP contribution in [0.25, 0.3) is 11.3 Å². The number of nitrogens with zero attached hydrogens (tertiary/aromatic N) is 1. The minimum atomic E-state index is -0.299. The van der Waals surface area contributed by atoms with Crippen LogP contribution in [-0.2, 0) is 6.54 Å². The van der Waals surface area contributed by atoms with E-state index in [0.29, 0.717) is 23.9 Å². The highest BCUT2D eigenvalue weighted by molar-refractivity contribution is 5.57. The van der Waals surface area contributed by atoms with Gasteiger partial charge in [0.15, 0.2) is 5.76 Å². The summed E-state index contributed by atoms with van der Waals surface area (Å²) in [5, 5.41) is 7.13. The highest BCUT2D eigenvalue weighted by Crippen LogP contribution is 2.23. The molecule has 0 aliphatic heterocycles. The third kappa shape index (κ3) is 2.91. The van der Waals surface area contributed by atoms with E-state index in [4.69, 9.17) is 4.52 Å². The van der Waals surface area contributed by atoms with Crippen LogP contribution < -0.4 is 5.32 Å². The number of benzene rings is 1. The van der Waals surface area contributed by atoms with E-state index in [1.807, 2.05) is 0 Å². The van der Waals surface area contributed by atoms with Crippen LogP contribution in [0.3, 0.4) is 0 Å². The van der Waals surface area contributed by atoms with E-state index in [0.717, 1.165) is 5.69 Å². The predicted octanol–water partition coefficient (Wildman–Crippen LogP) is 2.98. The number of aromatic nitrogens is 1. The van der Waals surface area contributed by atoms with Crippen molar-refractivity contribution >= 4 is 0 Å². The van der Waals surface area contributed by atoms with Crippen molar-refractivity contribution in [3.63, 3.8) is 0 Å². The minimum Gasteiger partial charge on any atom is -0.356 e. The van der Waals surface area contributed by atoms with Gasteiger partial charge in [0.1, 0.15) is 5.82 Å². The standard InChI is InChI=1S/C13H15FN2O/c1-9(2)15-8-10-7-13(17-16-10)11-5-3-4-6-12(11)14/h3-7,9,15H,8H2,1-2H3. The van der Waals surface area contributed by atoms with E-state index in [1.165, 1.54) is 6.07 Å². The van der Waals surface area contributed by atoms with Gasteiger partial charge in [-0.1, -0.05) is 31.1 Å². The second-order valence-electron chi connectivity index (χ2n) is 4.20. The van der Waals surface area contributed by atoms with Gasteiger partial charge >= 0.3 is 0 Å². The molecule has 1 aromatic carbocycles. The van der Waals surface area contributed by atoms with Crippen molar-refractivity contribution in [1.82, 2.24) is 10.5 Å². The van der Waals surface area contributed by atoms with Crippen LogP contribution in [0.15, 0.2) is 34.9 Å². The molecule has 1 heterocycles. The van der Waals surface area contributed by atoms with Crippen LogP contribution in [0.5, 0.6) is 0 Å². The van der Waals surface area contributed by atoms with Crippen molar-refractivity contribution in [2.75, 3.05) is 0 Å². The lowest BCUT2D eigenvalue weighted by molar-refractivity contribution is 0.415. The van der Waals surface area contributed by atoms with Crippen molar-refractivity contribution in [3.8, 4) is 11.3 Å². The summed E-state index contributed by atoms with van der Waals surface area (Å²) in [5.41, 5.74) is 1.22. The maximum atomic E-state index is 13.5. The van der Waals surface area contributed by atoms with Gasteiger partial charge in [0.25, 0.3) is 0 Å². The summed E-state index contributed by atoms with van der Waals surface area (Å²) in [5.74, 6) is 0.163. The summed E-state index contributed by atoms with van der Waals surface area (Å²) in [7, 11) is 0. The lowest BCUT2D eigenvalue weighted by Crippen LogP contribution is -2.21. The highest BCUT2D eigenvalue weighted by atomic mass is 19.1. The van der Waals surface area contributed by atoms with Crippen LogP contribution >= 0.6 is 0 Å². The van der Waals surface area contributed by atoms with Gasteiger partial charge in [0, 0.05) is 18.7 Å². The molecule has 0 aliphatic rings. The van der Waals surface area contributed by atoms with Gasteiger partial charge in [-0.05, 0) is 12.1 Å². The van der Waals surface area contributed by atoms with Gasteiger partial charge in [0.2, 0.25) is 0 Å². The molecule has 1 N–H and O–H groups in total. The Balaban J connectivity index is 2.16. The fourth-order valence-electron chi connectivity index (χ4n) is 1.49. The van der Waals surface area contributed by atoms with Gasteiger partial charge < -0.3 is 9.84 Å². The maximum Gasteiger partial charge on any atom is 0.170 e. The molecule has 0 fully saturated rings. The zero-order chi connectivity index (χ0) is 12.3. The Kier molecular flexibility index (Phi) is 3.54. The van der Waals surface area contributed by atoms with Crippen LogP contribution in [0.2, 0.25) is 0 Å². The Hall–Kier alpha value is -1.68. The van der Waals surface area contributed by atoms with Crippen LogP contribution in [0, 0.1) is 5.82 Å². The van der Waals surface area contributed by atoms with E-state index in [-0.39, 0.29) is 5.82 Å². The molecule has 1 aromatic heterocycles. The van der Waals surface area contributed by atoms with Gasteiger partial charge in [-0.2, -0.15) is 0 Å². The Morgan fingerprint density at radius 2 is 2.12 bits per heavy atom. The van der Waals surface area contributed by atoms with E-state index in [1.54, 1.807) is 24.3 Å². The van der Waals surface area contributed by atoms with E-state index >= 15 is 0 Å². The molecule has 0 amide bonds. The van der Waals surface area contributed by atoms with E-state index in [9.17, 15) is 4.39 Å². The Morgan fingerprint density at radius 3 is 2.82 bits per heavy atom. The zero-order valence-corrected chi connectivity index (χ0v) is 9.90. The van der Waals surface area contributed by atoms with Crippen molar-refractivity contribution in [3.05, 3.63) is 41.8 Å². The first-order valence-corrected chi connectivity index (χ1v) is 5.60. The number of rotatable bonds is 4. The molecular weight excluding hydrogens is 219 g/mol. The van der Waals surface area contributed by atoms with E-state index in [2.05, 4.69) is 24.3 Å². The van der Waals surface area contributed by atoms with Crippen molar-refractivity contribution < 1.29 is 8.91 Å². The fourth-order valence-corrected chi connectivity index (χ4v) is 1.49. The highest BCUT2D eigenvalue weighted by Gasteiger charge is 2.10. The van der Waals surface area contributed by atoms with Crippen molar-refractivity contribution in [2.45, 2.75) is 26.4 Å². The summed E-state index contributed by atoms with van der Waals surface area (Å²) in [4.78, 5) is 0. The Morgan fingerprint density at radius 1 is 1.35 bits per heavy atom. The first kappa shape index (κ1) is 11.8. The van der Waals surface area contributed by atoms with Gasteiger partial charge in [-0.3, -0.25) is 0 Å². The van der Waals surface area contributed by atoms with Crippen LogP contribution in [0.1, 0.15) is 19.5 Å². The molecule has 0 unspecified atom stereocenters. The molecule has 0 bridgehead atoms. The topological polar surface area (TPSA) is 38.1 Å². The molecule has 0 aliphatic carbocycles. The molecule has 2 aromatic rings. The number of hydrogen-bond donors (Lipinski definition) is 1. The minimum absolute atomic E-state index is 0.299. The quantitative estimate of drug-likeness (QED) is 0.883. The largest absolute Gasteiger partial charge is 0.356 e. The SMILES string of the molecule is CC(C)NCc1cc(-c2ccccc2F)on1. The summed E-state index contributed by atoms with van der Waals surface area (Å²) < 4.78 is 18.6. The number of hydrogen-bond acceptors (Lipinski definition) is 3. The zero-order valence-electron chi connectivity index (χ0n) is 9.90. The Bertz CT molecular complexity index is 494. The third-order valence-electron chi connectivity index (χ3n) is 2.39. The van der Waals surface area contributed by atoms with E-state index < -0.39 is 0 Å². The molecule has 3 nitrogen and oxygen atoms in total. The normalized spacial score (nSPS) is 11.1. The molecule has 0 atom stereocenters. The van der Waals surface area contributed by atoms with Crippen LogP contribution in [0.4, 0.5) is 4.39 Å². The summed E-state index contributed by atoms with van der Waals surface area (Å²) in [6, 6.07) is 8.64. The average molecular weight is 234 g/mol. The number of halogens is 1. The summed E-state index contributed by atoms with van der Waals surface area (Å²) in [6.45, 7) is 4.73. The molecule has 0 saturated carbocycles. The fraction of sp³-hybridized carbons (Fsp3) is 0.308. The molecule has 0 radical (unpaired) electrons. The second kappa shape index (κ2) is 5.10. The maximum absolute atomic E-state index is 13.5. The Labute approximate surface area is 99.6 Å². The summed E-state index contributed by atoms with van der Waals surface area (Å²) >= 11 is 0. The smallest absolute Gasteiger partial charge is 0.170 e. The molecular formula is C13H15FN2O. The molecule has 0 saturated heterocycles. The first-order valence-electron chi connectivity index (χ1n) is 5.60. The molecule has 90 valence electrons. The van der Waals surface area contributed by atoms with Crippen molar-refractivity contribution in [2.24, 2.45) is 0 Å². The predicted molar refractivity (Wildman–Crippen MR) is 63.9 cm³/mol.